The quantitative estimate of drug-likeness (QED) is 0.699. The van der Waals surface area contributed by atoms with Crippen molar-refractivity contribution in [1.29, 1.82) is 0 Å². The third-order valence-corrected chi connectivity index (χ3v) is 4.18. The lowest BCUT2D eigenvalue weighted by atomic mass is 10.2. The van der Waals surface area contributed by atoms with Crippen molar-refractivity contribution in [3.63, 3.8) is 0 Å². The summed E-state index contributed by atoms with van der Waals surface area (Å²) in [7, 11) is -3.49. The fraction of sp³-hybridized carbons (Fsp3) is 0.0714. The molecule has 2 aromatic carbocycles. The first-order valence-electron chi connectivity index (χ1n) is 5.98. The van der Waals surface area contributed by atoms with Crippen molar-refractivity contribution in [2.45, 2.75) is 5.75 Å². The molecule has 0 heterocycles. The molecule has 118 valence electrons. The largest absolute Gasteiger partial charge is 0.508 e. The minimum Gasteiger partial charge on any atom is -0.508 e. The van der Waals surface area contributed by atoms with E-state index in [1.165, 1.54) is 12.1 Å². The molecule has 0 aliphatic heterocycles. The van der Waals surface area contributed by atoms with Gasteiger partial charge in [-0.1, -0.05) is 34.1 Å². The first-order chi connectivity index (χ1) is 10.4. The highest BCUT2D eigenvalue weighted by atomic mass is 79.9. The number of halogens is 1. The van der Waals surface area contributed by atoms with Crippen LogP contribution >= 0.6 is 15.9 Å². The van der Waals surface area contributed by atoms with Gasteiger partial charge in [-0.3, -0.25) is 9.52 Å². The van der Waals surface area contributed by atoms with Crippen LogP contribution in [0.25, 0.3) is 0 Å². The van der Waals surface area contributed by atoms with Crippen LogP contribution in [0.15, 0.2) is 53.0 Å². The standard InChI is InChI=1S/C13H12BrNO3S.CH2O2/c14-11-6-4-10(5-7-11)9-19(17,18)15-12-2-1-3-13(16)8-12;2-1-3/h1-8,15-16H,9H2;1H,(H,2,3). The molecule has 0 radical (unpaired) electrons. The van der Waals surface area contributed by atoms with Gasteiger partial charge in [-0.05, 0) is 29.8 Å². The highest BCUT2D eigenvalue weighted by molar-refractivity contribution is 9.10. The number of hydrogen-bond donors (Lipinski definition) is 3. The maximum absolute atomic E-state index is 12.0. The number of hydrogen-bond acceptors (Lipinski definition) is 4. The van der Waals surface area contributed by atoms with Crippen LogP contribution in [0.2, 0.25) is 0 Å². The van der Waals surface area contributed by atoms with E-state index in [4.69, 9.17) is 9.90 Å². The normalized spacial score (nSPS) is 10.2. The molecular formula is C14H14BrNO5S. The van der Waals surface area contributed by atoms with Crippen molar-refractivity contribution >= 4 is 38.1 Å². The van der Waals surface area contributed by atoms with Gasteiger partial charge >= 0.3 is 0 Å². The molecular weight excluding hydrogens is 374 g/mol. The first-order valence-corrected chi connectivity index (χ1v) is 8.42. The Balaban J connectivity index is 0.000000745. The van der Waals surface area contributed by atoms with E-state index in [0.29, 0.717) is 11.3 Å². The van der Waals surface area contributed by atoms with Gasteiger partial charge in [0.2, 0.25) is 10.0 Å². The summed E-state index contributed by atoms with van der Waals surface area (Å²) in [6, 6.07) is 13.1. The second kappa shape index (κ2) is 8.40. The molecule has 0 fully saturated rings. The average Bonchev–Trinajstić information content (AvgIpc) is 2.41. The number of phenolic OH excluding ortho intramolecular Hbond substituents is 1. The van der Waals surface area contributed by atoms with Crippen molar-refractivity contribution in [2.75, 3.05) is 4.72 Å². The number of phenols is 1. The minimum atomic E-state index is -3.49. The Bertz CT molecular complexity index is 716. The van der Waals surface area contributed by atoms with Crippen molar-refractivity contribution in [3.8, 4) is 5.75 Å². The van der Waals surface area contributed by atoms with Crippen LogP contribution in [-0.4, -0.2) is 25.1 Å². The average molecular weight is 388 g/mol. The number of carboxylic acid groups (broad SMARTS) is 1. The van der Waals surface area contributed by atoms with Crippen LogP contribution in [0.4, 0.5) is 5.69 Å². The monoisotopic (exact) mass is 387 g/mol. The molecule has 0 aliphatic carbocycles. The Kier molecular flexibility index (Phi) is 6.87. The predicted molar refractivity (Wildman–Crippen MR) is 87.2 cm³/mol. The number of rotatable bonds is 4. The van der Waals surface area contributed by atoms with E-state index < -0.39 is 10.0 Å². The fourth-order valence-electron chi connectivity index (χ4n) is 1.59. The molecule has 0 atom stereocenters. The summed E-state index contributed by atoms with van der Waals surface area (Å²) in [5.41, 5.74) is 1.04. The number of carbonyl (C=O) groups is 1. The zero-order valence-electron chi connectivity index (χ0n) is 11.3. The number of anilines is 1. The Labute approximate surface area is 136 Å². The molecule has 6 nitrogen and oxygen atoms in total. The number of benzene rings is 2. The van der Waals surface area contributed by atoms with E-state index in [1.807, 2.05) is 0 Å². The van der Waals surface area contributed by atoms with Gasteiger partial charge in [0.05, 0.1) is 11.4 Å². The van der Waals surface area contributed by atoms with Crippen molar-refractivity contribution in [1.82, 2.24) is 0 Å². The third-order valence-electron chi connectivity index (χ3n) is 2.39. The first kappa shape index (κ1) is 18.0. The molecule has 0 amide bonds. The zero-order valence-corrected chi connectivity index (χ0v) is 13.7. The van der Waals surface area contributed by atoms with E-state index in [0.717, 1.165) is 4.47 Å². The van der Waals surface area contributed by atoms with Gasteiger partial charge < -0.3 is 10.2 Å². The SMILES string of the molecule is O=CO.O=S(=O)(Cc1ccc(Br)cc1)Nc1cccc(O)c1. The molecule has 3 N–H and O–H groups in total. The number of aromatic hydroxyl groups is 1. The molecule has 0 aliphatic rings. The number of nitrogens with one attached hydrogen (secondary N) is 1. The molecule has 0 saturated heterocycles. The van der Waals surface area contributed by atoms with E-state index in [-0.39, 0.29) is 18.0 Å². The molecule has 2 aromatic rings. The lowest BCUT2D eigenvalue weighted by Gasteiger charge is -2.08. The van der Waals surface area contributed by atoms with Gasteiger partial charge in [0, 0.05) is 10.5 Å². The number of sulfonamides is 1. The summed E-state index contributed by atoms with van der Waals surface area (Å²) in [5, 5.41) is 16.2. The summed E-state index contributed by atoms with van der Waals surface area (Å²) in [4.78, 5) is 8.36. The van der Waals surface area contributed by atoms with Crippen LogP contribution < -0.4 is 4.72 Å². The van der Waals surface area contributed by atoms with Gasteiger partial charge in [-0.15, -0.1) is 0 Å². The summed E-state index contributed by atoms with van der Waals surface area (Å²) >= 11 is 3.29. The topological polar surface area (TPSA) is 104 Å². The summed E-state index contributed by atoms with van der Waals surface area (Å²) in [6.45, 7) is -0.250. The highest BCUT2D eigenvalue weighted by Crippen LogP contribution is 2.18. The highest BCUT2D eigenvalue weighted by Gasteiger charge is 2.11. The molecule has 0 aromatic heterocycles. The van der Waals surface area contributed by atoms with Crippen molar-refractivity contribution in [3.05, 3.63) is 58.6 Å². The molecule has 0 saturated carbocycles. The van der Waals surface area contributed by atoms with Gasteiger partial charge in [0.1, 0.15) is 5.75 Å². The lowest BCUT2D eigenvalue weighted by Crippen LogP contribution is -2.14. The molecule has 0 unspecified atom stereocenters. The smallest absolute Gasteiger partial charge is 0.290 e. The molecule has 2 rings (SSSR count). The van der Waals surface area contributed by atoms with Crippen molar-refractivity contribution < 1.29 is 23.4 Å². The summed E-state index contributed by atoms with van der Waals surface area (Å²) in [5.74, 6) is -0.0977. The maximum atomic E-state index is 12.0. The molecule has 8 heteroatoms. The van der Waals surface area contributed by atoms with Crippen LogP contribution in [0.5, 0.6) is 5.75 Å². The van der Waals surface area contributed by atoms with E-state index in [9.17, 15) is 13.5 Å². The fourth-order valence-corrected chi connectivity index (χ4v) is 3.04. The van der Waals surface area contributed by atoms with Crippen LogP contribution in [0.3, 0.4) is 0 Å². The Morgan fingerprint density at radius 3 is 2.27 bits per heavy atom. The summed E-state index contributed by atoms with van der Waals surface area (Å²) in [6.07, 6.45) is 0. The Morgan fingerprint density at radius 1 is 1.14 bits per heavy atom. The Hall–Kier alpha value is -2.06. The molecule has 0 spiro atoms. The van der Waals surface area contributed by atoms with E-state index in [2.05, 4.69) is 20.7 Å². The second-order valence-corrected chi connectivity index (χ2v) is 6.78. The third kappa shape index (κ3) is 6.59. The summed E-state index contributed by atoms with van der Waals surface area (Å²) < 4.78 is 27.2. The van der Waals surface area contributed by atoms with Crippen molar-refractivity contribution in [2.24, 2.45) is 0 Å². The van der Waals surface area contributed by atoms with E-state index in [1.54, 1.807) is 36.4 Å². The minimum absolute atomic E-state index is 0.0174. The van der Waals surface area contributed by atoms with Gasteiger partial charge in [0.15, 0.2) is 0 Å². The van der Waals surface area contributed by atoms with Crippen LogP contribution in [0, 0.1) is 0 Å². The molecule has 0 bridgehead atoms. The van der Waals surface area contributed by atoms with Gasteiger partial charge in [0.25, 0.3) is 6.47 Å². The van der Waals surface area contributed by atoms with Gasteiger partial charge in [-0.2, -0.15) is 0 Å². The van der Waals surface area contributed by atoms with Gasteiger partial charge in [-0.25, -0.2) is 8.42 Å². The van der Waals surface area contributed by atoms with Crippen LogP contribution in [-0.2, 0) is 20.6 Å². The Morgan fingerprint density at radius 2 is 1.73 bits per heavy atom. The second-order valence-electron chi connectivity index (χ2n) is 4.14. The maximum Gasteiger partial charge on any atom is 0.290 e. The van der Waals surface area contributed by atoms with E-state index >= 15 is 0 Å². The van der Waals surface area contributed by atoms with Crippen LogP contribution in [0.1, 0.15) is 5.56 Å². The lowest BCUT2D eigenvalue weighted by molar-refractivity contribution is -0.122. The zero-order chi connectivity index (χ0) is 16.6. The molecule has 22 heavy (non-hydrogen) atoms. The predicted octanol–water partition coefficient (Wildman–Crippen LogP) is 2.80.